The van der Waals surface area contributed by atoms with Gasteiger partial charge in [0.05, 0.1) is 30.2 Å². The Bertz CT molecular complexity index is 947. The van der Waals surface area contributed by atoms with Crippen LogP contribution in [0.15, 0.2) is 24.3 Å². The zero-order valence-electron chi connectivity index (χ0n) is 17.5. The summed E-state index contributed by atoms with van der Waals surface area (Å²) in [4.78, 5) is 39.2. The highest BCUT2D eigenvalue weighted by atomic mass is 16.5. The van der Waals surface area contributed by atoms with E-state index in [4.69, 9.17) is 4.74 Å². The molecule has 1 aliphatic rings. The summed E-state index contributed by atoms with van der Waals surface area (Å²) in [6, 6.07) is 6.67. The number of benzene rings is 1. The summed E-state index contributed by atoms with van der Waals surface area (Å²) in [6.07, 6.45) is 0. The lowest BCUT2D eigenvalue weighted by Crippen LogP contribution is -2.41. The molecule has 9 nitrogen and oxygen atoms in total. The molecule has 0 unspecified atom stereocenters. The Labute approximate surface area is 175 Å². The lowest BCUT2D eigenvalue weighted by molar-refractivity contribution is -0.136. The molecule has 0 bridgehead atoms. The Kier molecular flexibility index (Phi) is 6.83. The van der Waals surface area contributed by atoms with Gasteiger partial charge in [0.25, 0.3) is 5.91 Å². The molecule has 2 heterocycles. The van der Waals surface area contributed by atoms with Crippen molar-refractivity contribution in [3.63, 3.8) is 0 Å². The van der Waals surface area contributed by atoms with Crippen LogP contribution in [-0.4, -0.2) is 58.7 Å². The fourth-order valence-corrected chi connectivity index (χ4v) is 3.44. The van der Waals surface area contributed by atoms with Crippen molar-refractivity contribution in [2.24, 2.45) is 0 Å². The topological polar surface area (TPSA) is 106 Å². The predicted octanol–water partition coefficient (Wildman–Crippen LogP) is 1.25. The van der Waals surface area contributed by atoms with Crippen LogP contribution in [-0.2, 0) is 27.4 Å². The van der Waals surface area contributed by atoms with Crippen LogP contribution in [0.4, 0.5) is 5.69 Å². The van der Waals surface area contributed by atoms with Gasteiger partial charge in [-0.05, 0) is 32.9 Å². The molecule has 2 N–H and O–H groups in total. The van der Waals surface area contributed by atoms with Crippen molar-refractivity contribution in [2.75, 3.05) is 31.6 Å². The van der Waals surface area contributed by atoms with Gasteiger partial charge in [0, 0.05) is 37.4 Å². The summed E-state index contributed by atoms with van der Waals surface area (Å²) in [5, 5.41) is 9.60. The van der Waals surface area contributed by atoms with E-state index in [0.29, 0.717) is 37.6 Å². The van der Waals surface area contributed by atoms with Crippen molar-refractivity contribution in [1.82, 2.24) is 20.0 Å². The molecule has 1 aromatic heterocycles. The van der Waals surface area contributed by atoms with Gasteiger partial charge in [0.1, 0.15) is 0 Å². The van der Waals surface area contributed by atoms with E-state index in [9.17, 15) is 14.4 Å². The van der Waals surface area contributed by atoms with Gasteiger partial charge in [-0.3, -0.25) is 19.1 Å². The Balaban J connectivity index is 1.65. The summed E-state index contributed by atoms with van der Waals surface area (Å²) in [7, 11) is 0. The predicted molar refractivity (Wildman–Crippen MR) is 111 cm³/mol. The molecule has 1 saturated heterocycles. The van der Waals surface area contributed by atoms with E-state index in [1.165, 1.54) is 0 Å². The molecule has 2 aromatic rings. The number of ether oxygens (including phenoxy) is 1. The highest BCUT2D eigenvalue weighted by Crippen LogP contribution is 2.18. The summed E-state index contributed by atoms with van der Waals surface area (Å²) < 4.78 is 7.13. The van der Waals surface area contributed by atoms with E-state index in [1.807, 2.05) is 25.5 Å². The third-order valence-electron chi connectivity index (χ3n) is 5.17. The highest BCUT2D eigenvalue weighted by Gasteiger charge is 2.23. The Hall–Kier alpha value is -3.20. The first kappa shape index (κ1) is 21.5. The SMILES string of the molecule is CCn1nc(C)c(CNC(=O)C(=O)Nc2ccccc2C(=O)N2CCOCC2)c1C. The second-order valence-corrected chi connectivity index (χ2v) is 7.05. The van der Waals surface area contributed by atoms with Crippen LogP contribution >= 0.6 is 0 Å². The van der Waals surface area contributed by atoms with E-state index in [2.05, 4.69) is 15.7 Å². The van der Waals surface area contributed by atoms with Gasteiger partial charge in [-0.1, -0.05) is 12.1 Å². The van der Waals surface area contributed by atoms with Crippen LogP contribution in [0.5, 0.6) is 0 Å². The number of hydrogen-bond donors (Lipinski definition) is 2. The van der Waals surface area contributed by atoms with Crippen LogP contribution in [0.1, 0.15) is 34.2 Å². The fraction of sp³-hybridized carbons (Fsp3) is 0.429. The van der Waals surface area contributed by atoms with Crippen molar-refractivity contribution in [3.05, 3.63) is 46.8 Å². The van der Waals surface area contributed by atoms with Crippen molar-refractivity contribution in [1.29, 1.82) is 0 Å². The highest BCUT2D eigenvalue weighted by molar-refractivity contribution is 6.40. The first-order valence-electron chi connectivity index (χ1n) is 10.0. The lowest BCUT2D eigenvalue weighted by atomic mass is 10.1. The Morgan fingerprint density at radius 3 is 2.47 bits per heavy atom. The van der Waals surface area contributed by atoms with Crippen LogP contribution < -0.4 is 10.6 Å². The molecular weight excluding hydrogens is 386 g/mol. The minimum atomic E-state index is -0.824. The minimum Gasteiger partial charge on any atom is -0.378 e. The van der Waals surface area contributed by atoms with E-state index < -0.39 is 11.8 Å². The number of amides is 3. The van der Waals surface area contributed by atoms with Crippen molar-refractivity contribution < 1.29 is 19.1 Å². The fourth-order valence-electron chi connectivity index (χ4n) is 3.44. The number of aryl methyl sites for hydroxylation is 2. The van der Waals surface area contributed by atoms with Gasteiger partial charge in [0.15, 0.2) is 0 Å². The monoisotopic (exact) mass is 413 g/mol. The van der Waals surface area contributed by atoms with Crippen molar-refractivity contribution in [2.45, 2.75) is 33.9 Å². The molecule has 0 radical (unpaired) electrons. The standard InChI is InChI=1S/C21H27N5O4/c1-4-26-15(3)17(14(2)24-26)13-22-19(27)20(28)23-18-8-6-5-7-16(18)21(29)25-9-11-30-12-10-25/h5-8H,4,9-13H2,1-3H3,(H,22,27)(H,23,28). The van der Waals surface area contributed by atoms with E-state index in [0.717, 1.165) is 23.5 Å². The molecular formula is C21H27N5O4. The molecule has 0 spiro atoms. The molecule has 30 heavy (non-hydrogen) atoms. The van der Waals surface area contributed by atoms with Crippen LogP contribution in [0.2, 0.25) is 0 Å². The van der Waals surface area contributed by atoms with Crippen LogP contribution in [0.25, 0.3) is 0 Å². The second kappa shape index (κ2) is 9.53. The summed E-state index contributed by atoms with van der Waals surface area (Å²) in [5.41, 5.74) is 3.31. The Morgan fingerprint density at radius 2 is 1.80 bits per heavy atom. The number of hydrogen-bond acceptors (Lipinski definition) is 5. The molecule has 0 aliphatic carbocycles. The number of aromatic nitrogens is 2. The smallest absolute Gasteiger partial charge is 0.313 e. The molecule has 3 rings (SSSR count). The number of nitrogens with zero attached hydrogens (tertiary/aromatic N) is 3. The average molecular weight is 413 g/mol. The third-order valence-corrected chi connectivity index (χ3v) is 5.17. The normalized spacial score (nSPS) is 13.8. The number of carbonyl (C=O) groups excluding carboxylic acids is 3. The molecule has 1 aliphatic heterocycles. The van der Waals surface area contributed by atoms with Crippen LogP contribution in [0, 0.1) is 13.8 Å². The molecule has 1 fully saturated rings. The maximum absolute atomic E-state index is 12.8. The number of morpholine rings is 1. The molecule has 0 saturated carbocycles. The van der Waals surface area contributed by atoms with Gasteiger partial charge in [-0.15, -0.1) is 0 Å². The lowest BCUT2D eigenvalue weighted by Gasteiger charge is -2.27. The van der Waals surface area contributed by atoms with Gasteiger partial charge in [0.2, 0.25) is 0 Å². The van der Waals surface area contributed by atoms with Crippen molar-refractivity contribution in [3.8, 4) is 0 Å². The minimum absolute atomic E-state index is 0.201. The summed E-state index contributed by atoms with van der Waals surface area (Å²) in [5.74, 6) is -1.80. The zero-order chi connectivity index (χ0) is 21.7. The van der Waals surface area contributed by atoms with Crippen LogP contribution in [0.3, 0.4) is 0 Å². The van der Waals surface area contributed by atoms with E-state index >= 15 is 0 Å². The molecule has 1 aromatic carbocycles. The number of nitrogens with one attached hydrogen (secondary N) is 2. The summed E-state index contributed by atoms with van der Waals surface area (Å²) in [6.45, 7) is 8.68. The first-order chi connectivity index (χ1) is 14.4. The number of rotatable bonds is 5. The molecule has 9 heteroatoms. The second-order valence-electron chi connectivity index (χ2n) is 7.05. The number of carbonyl (C=O) groups is 3. The Morgan fingerprint density at radius 1 is 1.10 bits per heavy atom. The largest absolute Gasteiger partial charge is 0.378 e. The molecule has 160 valence electrons. The summed E-state index contributed by atoms with van der Waals surface area (Å²) >= 11 is 0. The molecule has 3 amide bonds. The number of anilines is 1. The zero-order valence-corrected chi connectivity index (χ0v) is 17.5. The molecule has 0 atom stereocenters. The van der Waals surface area contributed by atoms with Gasteiger partial charge in [-0.2, -0.15) is 5.10 Å². The van der Waals surface area contributed by atoms with Crippen molar-refractivity contribution >= 4 is 23.4 Å². The maximum atomic E-state index is 12.8. The van der Waals surface area contributed by atoms with Gasteiger partial charge < -0.3 is 20.3 Å². The number of para-hydroxylation sites is 1. The quantitative estimate of drug-likeness (QED) is 0.718. The van der Waals surface area contributed by atoms with Gasteiger partial charge in [-0.25, -0.2) is 0 Å². The maximum Gasteiger partial charge on any atom is 0.313 e. The van der Waals surface area contributed by atoms with E-state index in [-0.39, 0.29) is 12.5 Å². The first-order valence-corrected chi connectivity index (χ1v) is 10.0. The third kappa shape index (κ3) is 4.68. The van der Waals surface area contributed by atoms with E-state index in [1.54, 1.807) is 29.2 Å². The van der Waals surface area contributed by atoms with Gasteiger partial charge >= 0.3 is 11.8 Å². The average Bonchev–Trinajstić information content (AvgIpc) is 3.05.